The number of anilines is 1. The van der Waals surface area contributed by atoms with Gasteiger partial charge in [-0.15, -0.1) is 0 Å². The number of aromatic nitrogens is 1. The SMILES string of the molecule is COCCN(N)c1cc(=O)[nH]s1. The van der Waals surface area contributed by atoms with E-state index >= 15 is 0 Å². The van der Waals surface area contributed by atoms with Crippen molar-refractivity contribution in [3.8, 4) is 0 Å². The Morgan fingerprint density at radius 1 is 1.83 bits per heavy atom. The summed E-state index contributed by atoms with van der Waals surface area (Å²) in [6.45, 7) is 1.12. The molecule has 3 N–H and O–H groups in total. The minimum Gasteiger partial charge on any atom is -0.383 e. The Kier molecular flexibility index (Phi) is 3.27. The largest absolute Gasteiger partial charge is 0.383 e. The van der Waals surface area contributed by atoms with E-state index in [0.29, 0.717) is 13.2 Å². The number of nitrogens with one attached hydrogen (secondary N) is 1. The van der Waals surface area contributed by atoms with E-state index in [0.717, 1.165) is 5.00 Å². The average Bonchev–Trinajstić information content (AvgIpc) is 2.47. The molecule has 0 aromatic carbocycles. The highest BCUT2D eigenvalue weighted by Crippen LogP contribution is 2.11. The summed E-state index contributed by atoms with van der Waals surface area (Å²) in [6.07, 6.45) is 0. The zero-order valence-electron chi connectivity index (χ0n) is 6.74. The Labute approximate surface area is 73.9 Å². The Bertz CT molecular complexity index is 282. The molecule has 6 heteroatoms. The summed E-state index contributed by atoms with van der Waals surface area (Å²) in [5.74, 6) is 5.60. The fraction of sp³-hybridized carbons (Fsp3) is 0.500. The highest BCUT2D eigenvalue weighted by molar-refractivity contribution is 7.10. The molecule has 0 aliphatic carbocycles. The first-order chi connectivity index (χ1) is 5.74. The lowest BCUT2D eigenvalue weighted by atomic mass is 10.6. The molecule has 0 spiro atoms. The first-order valence-electron chi connectivity index (χ1n) is 3.43. The molecule has 0 amide bonds. The number of aromatic amines is 1. The van der Waals surface area contributed by atoms with Crippen molar-refractivity contribution >= 4 is 16.5 Å². The van der Waals surface area contributed by atoms with Crippen molar-refractivity contribution in [2.45, 2.75) is 0 Å². The van der Waals surface area contributed by atoms with Crippen molar-refractivity contribution in [3.05, 3.63) is 16.4 Å². The van der Waals surface area contributed by atoms with Gasteiger partial charge in [-0.25, -0.2) is 5.84 Å². The van der Waals surface area contributed by atoms with Gasteiger partial charge >= 0.3 is 0 Å². The second-order valence-corrected chi connectivity index (χ2v) is 3.06. The molecule has 5 nitrogen and oxygen atoms in total. The molecule has 0 aliphatic rings. The van der Waals surface area contributed by atoms with Crippen LogP contribution in [-0.4, -0.2) is 24.6 Å². The van der Waals surface area contributed by atoms with Crippen LogP contribution in [0.15, 0.2) is 10.9 Å². The highest BCUT2D eigenvalue weighted by atomic mass is 32.1. The number of hydrazine groups is 1. The number of nitrogens with two attached hydrogens (primary N) is 1. The van der Waals surface area contributed by atoms with Crippen molar-refractivity contribution in [1.29, 1.82) is 0 Å². The van der Waals surface area contributed by atoms with Gasteiger partial charge in [0.1, 0.15) is 5.00 Å². The van der Waals surface area contributed by atoms with Crippen LogP contribution in [0.4, 0.5) is 5.00 Å². The maximum atomic E-state index is 10.7. The maximum absolute atomic E-state index is 10.7. The van der Waals surface area contributed by atoms with E-state index in [1.807, 2.05) is 0 Å². The van der Waals surface area contributed by atoms with Crippen LogP contribution in [0.5, 0.6) is 0 Å². The van der Waals surface area contributed by atoms with E-state index in [9.17, 15) is 4.79 Å². The Hall–Kier alpha value is -0.850. The van der Waals surface area contributed by atoms with Crippen LogP contribution in [0.1, 0.15) is 0 Å². The predicted octanol–water partition coefficient (Wildman–Crippen LogP) is -0.237. The van der Waals surface area contributed by atoms with Crippen molar-refractivity contribution < 1.29 is 4.74 Å². The average molecular weight is 189 g/mol. The summed E-state index contributed by atoms with van der Waals surface area (Å²) < 4.78 is 7.38. The summed E-state index contributed by atoms with van der Waals surface area (Å²) in [6, 6.07) is 1.46. The summed E-state index contributed by atoms with van der Waals surface area (Å²) in [5, 5.41) is 2.20. The second-order valence-electron chi connectivity index (χ2n) is 2.24. The van der Waals surface area contributed by atoms with Crippen LogP contribution in [0.25, 0.3) is 0 Å². The molecule has 0 atom stereocenters. The minimum atomic E-state index is -0.122. The smallest absolute Gasteiger partial charge is 0.260 e. The molecule has 0 fully saturated rings. The van der Waals surface area contributed by atoms with Crippen LogP contribution in [-0.2, 0) is 4.74 Å². The molecule has 68 valence electrons. The van der Waals surface area contributed by atoms with E-state index in [4.69, 9.17) is 10.6 Å². The summed E-state index contributed by atoms with van der Waals surface area (Å²) in [4.78, 5) is 10.7. The number of H-pyrrole nitrogens is 1. The first-order valence-corrected chi connectivity index (χ1v) is 4.25. The second kappa shape index (κ2) is 4.24. The van der Waals surface area contributed by atoms with Crippen molar-refractivity contribution in [1.82, 2.24) is 4.37 Å². The van der Waals surface area contributed by atoms with Gasteiger partial charge in [-0.2, -0.15) is 0 Å². The molecule has 0 saturated heterocycles. The van der Waals surface area contributed by atoms with Gasteiger partial charge < -0.3 is 4.74 Å². The third kappa shape index (κ3) is 2.33. The van der Waals surface area contributed by atoms with Gasteiger partial charge in [-0.3, -0.25) is 14.2 Å². The standard InChI is InChI=1S/C6H11N3O2S/c1-11-3-2-9(7)6-4-5(10)8-12-6/h4H,2-3,7H2,1H3,(H,8,10). The summed E-state index contributed by atoms with van der Waals surface area (Å²) in [5.41, 5.74) is -0.122. The molecule has 0 saturated carbocycles. The number of rotatable bonds is 4. The molecule has 0 unspecified atom stereocenters. The molecule has 12 heavy (non-hydrogen) atoms. The molecular formula is C6H11N3O2S. The Morgan fingerprint density at radius 3 is 3.08 bits per heavy atom. The molecule has 1 aromatic rings. The minimum absolute atomic E-state index is 0.122. The van der Waals surface area contributed by atoms with E-state index in [1.165, 1.54) is 22.6 Å². The number of methoxy groups -OCH3 is 1. The molecule has 1 rings (SSSR count). The predicted molar refractivity (Wildman–Crippen MR) is 48.3 cm³/mol. The quantitative estimate of drug-likeness (QED) is 0.506. The maximum Gasteiger partial charge on any atom is 0.260 e. The van der Waals surface area contributed by atoms with Crippen LogP contribution < -0.4 is 16.4 Å². The van der Waals surface area contributed by atoms with Gasteiger partial charge in [-0.1, -0.05) is 0 Å². The number of nitrogens with zero attached hydrogens (tertiary/aromatic N) is 1. The zero-order chi connectivity index (χ0) is 8.97. The fourth-order valence-electron chi connectivity index (χ4n) is 0.715. The highest BCUT2D eigenvalue weighted by Gasteiger charge is 2.03. The van der Waals surface area contributed by atoms with Gasteiger partial charge in [0.15, 0.2) is 0 Å². The van der Waals surface area contributed by atoms with Crippen LogP contribution >= 0.6 is 11.5 Å². The van der Waals surface area contributed by atoms with Gasteiger partial charge in [0.2, 0.25) is 0 Å². The molecule has 0 aliphatic heterocycles. The lowest BCUT2D eigenvalue weighted by molar-refractivity contribution is 0.205. The molecule has 1 heterocycles. The van der Waals surface area contributed by atoms with Crippen LogP contribution in [0, 0.1) is 0 Å². The molecule has 1 aromatic heterocycles. The van der Waals surface area contributed by atoms with Crippen LogP contribution in [0.2, 0.25) is 0 Å². The van der Waals surface area contributed by atoms with Crippen molar-refractivity contribution in [2.75, 3.05) is 25.3 Å². The number of ether oxygens (including phenoxy) is 1. The third-order valence-corrected chi connectivity index (χ3v) is 2.19. The summed E-state index contributed by atoms with van der Waals surface area (Å²) in [7, 11) is 1.60. The van der Waals surface area contributed by atoms with E-state index in [2.05, 4.69) is 4.37 Å². The van der Waals surface area contributed by atoms with Gasteiger partial charge in [-0.05, 0) is 11.5 Å². The van der Waals surface area contributed by atoms with Crippen LogP contribution in [0.3, 0.4) is 0 Å². The first kappa shape index (κ1) is 9.24. The van der Waals surface area contributed by atoms with E-state index in [-0.39, 0.29) is 5.56 Å². The molecule has 0 radical (unpaired) electrons. The van der Waals surface area contributed by atoms with Gasteiger partial charge in [0.25, 0.3) is 5.56 Å². The zero-order valence-corrected chi connectivity index (χ0v) is 7.56. The fourth-order valence-corrected chi connectivity index (χ4v) is 1.35. The normalized spacial score (nSPS) is 10.2. The Morgan fingerprint density at radius 2 is 2.58 bits per heavy atom. The summed E-state index contributed by atoms with van der Waals surface area (Å²) >= 11 is 1.22. The van der Waals surface area contributed by atoms with E-state index < -0.39 is 0 Å². The van der Waals surface area contributed by atoms with E-state index in [1.54, 1.807) is 7.11 Å². The number of hydrogen-bond donors (Lipinski definition) is 2. The van der Waals surface area contributed by atoms with Gasteiger partial charge in [0, 0.05) is 13.2 Å². The Balaban J connectivity index is 2.53. The molecular weight excluding hydrogens is 178 g/mol. The topological polar surface area (TPSA) is 71.3 Å². The lowest BCUT2D eigenvalue weighted by Gasteiger charge is -2.14. The van der Waals surface area contributed by atoms with Crippen molar-refractivity contribution in [2.24, 2.45) is 5.84 Å². The number of hydrogen-bond acceptors (Lipinski definition) is 5. The van der Waals surface area contributed by atoms with Crippen molar-refractivity contribution in [3.63, 3.8) is 0 Å². The third-order valence-electron chi connectivity index (χ3n) is 1.33. The monoisotopic (exact) mass is 189 g/mol. The van der Waals surface area contributed by atoms with Gasteiger partial charge in [0.05, 0.1) is 13.2 Å². The lowest BCUT2D eigenvalue weighted by Crippen LogP contribution is -2.33. The molecule has 0 bridgehead atoms.